The van der Waals surface area contributed by atoms with Gasteiger partial charge in [-0.1, -0.05) is 0 Å². The number of halogens is 2. The fourth-order valence-corrected chi connectivity index (χ4v) is 1.55. The van der Waals surface area contributed by atoms with Gasteiger partial charge in [0, 0.05) is 18.2 Å². The summed E-state index contributed by atoms with van der Waals surface area (Å²) in [6, 6.07) is 2.75. The van der Waals surface area contributed by atoms with Crippen LogP contribution in [0.1, 0.15) is 0 Å². The van der Waals surface area contributed by atoms with Crippen molar-refractivity contribution in [2.75, 3.05) is 12.8 Å². The standard InChI is InChI=1S/C11H11F2N3O/c1-16-11(14)7(5-15-16)6-3-4-8(17-2)10(13)9(6)12/h3-5H,14H2,1-2H3. The Morgan fingerprint density at radius 2 is 1.94 bits per heavy atom. The largest absolute Gasteiger partial charge is 0.494 e. The number of hydrogen-bond acceptors (Lipinski definition) is 3. The highest BCUT2D eigenvalue weighted by Crippen LogP contribution is 2.32. The quantitative estimate of drug-likeness (QED) is 0.871. The predicted molar refractivity (Wildman–Crippen MR) is 59.5 cm³/mol. The molecule has 0 amide bonds. The van der Waals surface area contributed by atoms with Gasteiger partial charge in [-0.3, -0.25) is 4.68 Å². The lowest BCUT2D eigenvalue weighted by Crippen LogP contribution is -2.00. The van der Waals surface area contributed by atoms with Crippen LogP contribution in [-0.4, -0.2) is 16.9 Å². The molecule has 0 fully saturated rings. The van der Waals surface area contributed by atoms with Gasteiger partial charge in [-0.05, 0) is 12.1 Å². The zero-order chi connectivity index (χ0) is 12.6. The van der Waals surface area contributed by atoms with Gasteiger partial charge in [0.25, 0.3) is 0 Å². The maximum atomic E-state index is 13.8. The molecule has 0 saturated carbocycles. The van der Waals surface area contributed by atoms with E-state index in [-0.39, 0.29) is 17.1 Å². The normalized spacial score (nSPS) is 10.6. The molecule has 1 heterocycles. The maximum absolute atomic E-state index is 13.8. The molecular weight excluding hydrogens is 228 g/mol. The second-order valence-electron chi connectivity index (χ2n) is 3.51. The van der Waals surface area contributed by atoms with E-state index in [2.05, 4.69) is 9.84 Å². The SMILES string of the molecule is COc1ccc(-c2cnn(C)c2N)c(F)c1F. The topological polar surface area (TPSA) is 53.1 Å². The maximum Gasteiger partial charge on any atom is 0.201 e. The van der Waals surface area contributed by atoms with E-state index < -0.39 is 11.6 Å². The second-order valence-corrected chi connectivity index (χ2v) is 3.51. The van der Waals surface area contributed by atoms with Gasteiger partial charge in [-0.2, -0.15) is 9.49 Å². The van der Waals surface area contributed by atoms with E-state index in [1.807, 2.05) is 0 Å². The molecule has 2 aromatic rings. The number of anilines is 1. The number of benzene rings is 1. The third-order valence-electron chi connectivity index (χ3n) is 2.54. The monoisotopic (exact) mass is 239 g/mol. The van der Waals surface area contributed by atoms with E-state index >= 15 is 0 Å². The van der Waals surface area contributed by atoms with Crippen molar-refractivity contribution in [1.82, 2.24) is 9.78 Å². The summed E-state index contributed by atoms with van der Waals surface area (Å²) in [5.41, 5.74) is 6.12. The van der Waals surface area contributed by atoms with Crippen molar-refractivity contribution in [3.8, 4) is 16.9 Å². The number of hydrogen-bond donors (Lipinski definition) is 1. The molecule has 0 unspecified atom stereocenters. The van der Waals surface area contributed by atoms with Crippen molar-refractivity contribution in [3.05, 3.63) is 30.0 Å². The van der Waals surface area contributed by atoms with Gasteiger partial charge in [0.15, 0.2) is 11.6 Å². The van der Waals surface area contributed by atoms with Crippen molar-refractivity contribution in [2.24, 2.45) is 7.05 Å². The average Bonchev–Trinajstić information content (AvgIpc) is 2.64. The van der Waals surface area contributed by atoms with Gasteiger partial charge in [0.05, 0.1) is 13.3 Å². The van der Waals surface area contributed by atoms with Crippen LogP contribution in [0.2, 0.25) is 0 Å². The van der Waals surface area contributed by atoms with Gasteiger partial charge in [0.1, 0.15) is 5.82 Å². The van der Waals surface area contributed by atoms with Crippen molar-refractivity contribution in [2.45, 2.75) is 0 Å². The number of methoxy groups -OCH3 is 1. The van der Waals surface area contributed by atoms with Crippen LogP contribution in [0.4, 0.5) is 14.6 Å². The molecule has 90 valence electrons. The van der Waals surface area contributed by atoms with Gasteiger partial charge in [0.2, 0.25) is 5.82 Å². The van der Waals surface area contributed by atoms with Crippen LogP contribution in [0.15, 0.2) is 18.3 Å². The first kappa shape index (κ1) is 11.4. The lowest BCUT2D eigenvalue weighted by Gasteiger charge is -2.07. The first-order valence-electron chi connectivity index (χ1n) is 4.86. The van der Waals surface area contributed by atoms with Crippen LogP contribution >= 0.6 is 0 Å². The summed E-state index contributed by atoms with van der Waals surface area (Å²) in [5.74, 6) is -1.90. The molecule has 2 N–H and O–H groups in total. The summed E-state index contributed by atoms with van der Waals surface area (Å²) >= 11 is 0. The molecule has 4 nitrogen and oxygen atoms in total. The van der Waals surface area contributed by atoms with Crippen LogP contribution in [0, 0.1) is 11.6 Å². The number of nitrogen functional groups attached to an aromatic ring is 1. The van der Waals surface area contributed by atoms with Crippen LogP contribution < -0.4 is 10.5 Å². The summed E-state index contributed by atoms with van der Waals surface area (Å²) in [5, 5.41) is 3.88. The lowest BCUT2D eigenvalue weighted by atomic mass is 10.1. The molecule has 17 heavy (non-hydrogen) atoms. The summed E-state index contributed by atoms with van der Waals surface area (Å²) in [6.45, 7) is 0. The van der Waals surface area contributed by atoms with Crippen molar-refractivity contribution < 1.29 is 13.5 Å². The summed E-state index contributed by atoms with van der Waals surface area (Å²) in [6.07, 6.45) is 1.39. The molecule has 0 aliphatic rings. The minimum atomic E-state index is -1.03. The van der Waals surface area contributed by atoms with Crippen molar-refractivity contribution in [1.29, 1.82) is 0 Å². The second kappa shape index (κ2) is 4.04. The Kier molecular flexibility index (Phi) is 2.71. The molecular formula is C11H11F2N3O. The van der Waals surface area contributed by atoms with Gasteiger partial charge < -0.3 is 10.5 Å². The first-order valence-corrected chi connectivity index (χ1v) is 4.86. The molecule has 1 aromatic heterocycles. The van der Waals surface area contributed by atoms with Gasteiger partial charge in [-0.25, -0.2) is 4.39 Å². The van der Waals surface area contributed by atoms with Gasteiger partial charge >= 0.3 is 0 Å². The van der Waals surface area contributed by atoms with Crippen LogP contribution in [0.5, 0.6) is 5.75 Å². The highest BCUT2D eigenvalue weighted by Gasteiger charge is 2.18. The minimum Gasteiger partial charge on any atom is -0.494 e. The van der Waals surface area contributed by atoms with E-state index in [1.165, 1.54) is 30.1 Å². The number of aryl methyl sites for hydroxylation is 1. The Hall–Kier alpha value is -2.11. The van der Waals surface area contributed by atoms with E-state index in [9.17, 15) is 8.78 Å². The highest BCUT2D eigenvalue weighted by atomic mass is 19.2. The molecule has 2 rings (SSSR count). The molecule has 0 atom stereocenters. The Morgan fingerprint density at radius 3 is 2.47 bits per heavy atom. The summed E-state index contributed by atoms with van der Waals surface area (Å²) < 4.78 is 33.4. The smallest absolute Gasteiger partial charge is 0.201 e. The van der Waals surface area contributed by atoms with Crippen molar-refractivity contribution in [3.63, 3.8) is 0 Å². The molecule has 0 spiro atoms. The number of aromatic nitrogens is 2. The fraction of sp³-hybridized carbons (Fsp3) is 0.182. The van der Waals surface area contributed by atoms with Crippen LogP contribution in [0.25, 0.3) is 11.1 Å². The van der Waals surface area contributed by atoms with Crippen LogP contribution in [-0.2, 0) is 7.05 Å². The molecule has 0 aliphatic heterocycles. The van der Waals surface area contributed by atoms with E-state index in [1.54, 1.807) is 7.05 Å². The zero-order valence-corrected chi connectivity index (χ0v) is 9.37. The van der Waals surface area contributed by atoms with E-state index in [0.717, 1.165) is 0 Å². The third kappa shape index (κ3) is 1.71. The average molecular weight is 239 g/mol. The Labute approximate surface area is 96.6 Å². The summed E-state index contributed by atoms with van der Waals surface area (Å²) in [4.78, 5) is 0. The molecule has 0 radical (unpaired) electrons. The fourth-order valence-electron chi connectivity index (χ4n) is 1.55. The molecule has 0 bridgehead atoms. The Bertz CT molecular complexity index is 566. The zero-order valence-electron chi connectivity index (χ0n) is 9.37. The number of rotatable bonds is 2. The predicted octanol–water partition coefficient (Wildman–Crippen LogP) is 1.96. The Balaban J connectivity index is 2.61. The van der Waals surface area contributed by atoms with Crippen molar-refractivity contribution >= 4 is 5.82 Å². The minimum absolute atomic E-state index is 0.0638. The number of ether oxygens (including phenoxy) is 1. The van der Waals surface area contributed by atoms with Crippen LogP contribution in [0.3, 0.4) is 0 Å². The highest BCUT2D eigenvalue weighted by molar-refractivity contribution is 5.74. The summed E-state index contributed by atoms with van der Waals surface area (Å²) in [7, 11) is 2.90. The van der Waals surface area contributed by atoms with Gasteiger partial charge in [-0.15, -0.1) is 0 Å². The first-order chi connectivity index (χ1) is 8.06. The molecule has 0 aliphatic carbocycles. The molecule has 6 heteroatoms. The van der Waals surface area contributed by atoms with E-state index in [0.29, 0.717) is 5.56 Å². The number of nitrogens with zero attached hydrogens (tertiary/aromatic N) is 2. The molecule has 1 aromatic carbocycles. The third-order valence-corrected chi connectivity index (χ3v) is 2.54. The number of nitrogens with two attached hydrogens (primary N) is 1. The van der Waals surface area contributed by atoms with E-state index in [4.69, 9.17) is 5.73 Å². The Morgan fingerprint density at radius 1 is 1.24 bits per heavy atom. The molecule has 0 saturated heterocycles. The lowest BCUT2D eigenvalue weighted by molar-refractivity contribution is 0.372.